The molecule has 9 heteroatoms. The van der Waals surface area contributed by atoms with Gasteiger partial charge in [-0.1, -0.05) is 80.0 Å². The van der Waals surface area contributed by atoms with Crippen molar-refractivity contribution in [2.24, 2.45) is 5.92 Å². The zero-order valence-corrected chi connectivity index (χ0v) is 23.1. The Kier molecular flexibility index (Phi) is 11.2. The lowest BCUT2D eigenvalue weighted by Crippen LogP contribution is -2.51. The number of rotatable bonds is 13. The van der Waals surface area contributed by atoms with Crippen molar-refractivity contribution >= 4 is 40.9 Å². The first-order valence-electron chi connectivity index (χ1n) is 12.4. The molecule has 0 aromatic heterocycles. The van der Waals surface area contributed by atoms with Gasteiger partial charge in [-0.25, -0.2) is 0 Å². The number of hydrogen-bond acceptors (Lipinski definition) is 5. The number of hydrogen-bond donors (Lipinski definition) is 1. The van der Waals surface area contributed by atoms with Gasteiger partial charge in [0.1, 0.15) is 6.04 Å². The molecule has 0 aliphatic heterocycles. The summed E-state index contributed by atoms with van der Waals surface area (Å²) in [6, 6.07) is 22.5. The van der Waals surface area contributed by atoms with Crippen LogP contribution in [-0.4, -0.2) is 40.0 Å². The molecule has 1 atom stereocenters. The van der Waals surface area contributed by atoms with Crippen molar-refractivity contribution in [3.8, 4) is 0 Å². The zero-order chi connectivity index (χ0) is 27.5. The quantitative estimate of drug-likeness (QED) is 0.210. The Hall–Kier alpha value is -3.36. The van der Waals surface area contributed by atoms with E-state index in [9.17, 15) is 19.7 Å². The lowest BCUT2D eigenvalue weighted by atomic mass is 10.0. The molecule has 0 heterocycles. The molecule has 0 spiro atoms. The van der Waals surface area contributed by atoms with Gasteiger partial charge in [0.25, 0.3) is 5.69 Å². The number of carbonyl (C=O) groups is 2. The predicted octanol–water partition coefficient (Wildman–Crippen LogP) is 5.89. The monoisotopic (exact) mass is 553 g/mol. The second kappa shape index (κ2) is 14.5. The molecule has 3 aromatic carbocycles. The van der Waals surface area contributed by atoms with E-state index in [4.69, 9.17) is 11.6 Å². The first-order chi connectivity index (χ1) is 18.2. The number of thioether (sulfide) groups is 1. The number of halogens is 1. The number of carbonyl (C=O) groups excluding carboxylic acids is 2. The smallest absolute Gasteiger partial charge is 0.269 e. The number of non-ortho nitro benzene ring substituents is 1. The summed E-state index contributed by atoms with van der Waals surface area (Å²) < 4.78 is 0. The van der Waals surface area contributed by atoms with E-state index in [1.54, 1.807) is 29.2 Å². The molecule has 0 bridgehead atoms. The lowest BCUT2D eigenvalue weighted by molar-refractivity contribution is -0.384. The van der Waals surface area contributed by atoms with Gasteiger partial charge in [-0.15, -0.1) is 11.8 Å². The fourth-order valence-electron chi connectivity index (χ4n) is 3.86. The maximum Gasteiger partial charge on any atom is 0.269 e. The Morgan fingerprint density at radius 1 is 0.974 bits per heavy atom. The van der Waals surface area contributed by atoms with Crippen LogP contribution in [-0.2, 0) is 28.3 Å². The van der Waals surface area contributed by atoms with Crippen LogP contribution >= 0.6 is 23.4 Å². The molecule has 3 rings (SSSR count). The minimum Gasteiger partial charge on any atom is -0.354 e. The Labute approximate surface area is 232 Å². The summed E-state index contributed by atoms with van der Waals surface area (Å²) in [6.07, 6.45) is 0.379. The van der Waals surface area contributed by atoms with Crippen molar-refractivity contribution < 1.29 is 14.5 Å². The topological polar surface area (TPSA) is 92.6 Å². The summed E-state index contributed by atoms with van der Waals surface area (Å²) in [5.41, 5.74) is 2.70. The molecule has 0 radical (unpaired) electrons. The molecule has 1 N–H and O–H groups in total. The summed E-state index contributed by atoms with van der Waals surface area (Å²) in [7, 11) is 0. The lowest BCUT2D eigenvalue weighted by Gasteiger charge is -2.32. The van der Waals surface area contributed by atoms with Crippen LogP contribution in [0.5, 0.6) is 0 Å². The van der Waals surface area contributed by atoms with Crippen LogP contribution in [0, 0.1) is 16.0 Å². The van der Waals surface area contributed by atoms with E-state index in [-0.39, 0.29) is 35.7 Å². The van der Waals surface area contributed by atoms with Crippen LogP contribution in [0.1, 0.15) is 30.5 Å². The first-order valence-corrected chi connectivity index (χ1v) is 13.9. The summed E-state index contributed by atoms with van der Waals surface area (Å²) in [5.74, 6) is 0.569. The SMILES string of the molecule is CC(C)CNC(=O)C(Cc1ccccc1)N(Cc1cccc(Cl)c1)C(=O)CSCc1ccc([N+](=O)[O-])cc1. The highest BCUT2D eigenvalue weighted by molar-refractivity contribution is 7.99. The van der Waals surface area contributed by atoms with Crippen molar-refractivity contribution in [1.82, 2.24) is 10.2 Å². The molecule has 38 heavy (non-hydrogen) atoms. The van der Waals surface area contributed by atoms with E-state index in [0.29, 0.717) is 23.7 Å². The highest BCUT2D eigenvalue weighted by Gasteiger charge is 2.30. The maximum absolute atomic E-state index is 13.6. The van der Waals surface area contributed by atoms with Crippen molar-refractivity contribution in [3.63, 3.8) is 0 Å². The molecule has 0 saturated carbocycles. The third-order valence-electron chi connectivity index (χ3n) is 5.84. The van der Waals surface area contributed by atoms with Crippen molar-refractivity contribution in [3.05, 3.63) is 111 Å². The predicted molar refractivity (Wildman–Crippen MR) is 153 cm³/mol. The molecule has 0 aliphatic carbocycles. The highest BCUT2D eigenvalue weighted by atomic mass is 35.5. The van der Waals surface area contributed by atoms with Gasteiger partial charge in [0.05, 0.1) is 10.7 Å². The van der Waals surface area contributed by atoms with Gasteiger partial charge in [0.2, 0.25) is 11.8 Å². The Morgan fingerprint density at radius 2 is 1.66 bits per heavy atom. The summed E-state index contributed by atoms with van der Waals surface area (Å²) in [5, 5.41) is 14.5. The van der Waals surface area contributed by atoms with Crippen LogP contribution in [0.2, 0.25) is 5.02 Å². The van der Waals surface area contributed by atoms with E-state index >= 15 is 0 Å². The second-order valence-electron chi connectivity index (χ2n) is 9.41. The maximum atomic E-state index is 13.6. The molecular weight excluding hydrogens is 522 g/mol. The van der Waals surface area contributed by atoms with Crippen LogP contribution in [0.4, 0.5) is 5.69 Å². The molecular formula is C29H32ClN3O4S. The van der Waals surface area contributed by atoms with Gasteiger partial charge in [0, 0.05) is 42.4 Å². The molecule has 200 valence electrons. The number of nitro groups is 1. The van der Waals surface area contributed by atoms with Gasteiger partial charge in [-0.2, -0.15) is 0 Å². The van der Waals surface area contributed by atoms with E-state index in [2.05, 4.69) is 5.32 Å². The average Bonchev–Trinajstić information content (AvgIpc) is 2.90. The Morgan fingerprint density at radius 3 is 2.29 bits per heavy atom. The standard InChI is InChI=1S/C29H32ClN3O4S/c1-21(2)17-31-29(35)27(16-22-7-4-3-5-8-22)32(18-24-9-6-10-25(30)15-24)28(34)20-38-19-23-11-13-26(14-12-23)33(36)37/h3-15,21,27H,16-20H2,1-2H3,(H,31,35). The molecule has 0 aliphatic rings. The number of amides is 2. The minimum absolute atomic E-state index is 0.0266. The van der Waals surface area contributed by atoms with Crippen LogP contribution in [0.3, 0.4) is 0 Å². The average molecular weight is 554 g/mol. The molecule has 0 fully saturated rings. The summed E-state index contributed by atoms with van der Waals surface area (Å²) in [6.45, 7) is 4.80. The Balaban J connectivity index is 1.82. The van der Waals surface area contributed by atoms with Gasteiger partial charge < -0.3 is 10.2 Å². The van der Waals surface area contributed by atoms with Crippen LogP contribution in [0.15, 0.2) is 78.9 Å². The summed E-state index contributed by atoms with van der Waals surface area (Å²) >= 11 is 7.62. The fourth-order valence-corrected chi connectivity index (χ4v) is 4.95. The second-order valence-corrected chi connectivity index (χ2v) is 10.8. The van der Waals surface area contributed by atoms with Crippen LogP contribution in [0.25, 0.3) is 0 Å². The van der Waals surface area contributed by atoms with E-state index in [1.807, 2.05) is 56.3 Å². The van der Waals surface area contributed by atoms with Crippen LogP contribution < -0.4 is 5.32 Å². The summed E-state index contributed by atoms with van der Waals surface area (Å²) in [4.78, 5) is 39.2. The van der Waals surface area contributed by atoms with Crippen molar-refractivity contribution in [1.29, 1.82) is 0 Å². The number of nitrogens with one attached hydrogen (secondary N) is 1. The third kappa shape index (κ3) is 9.19. The van der Waals surface area contributed by atoms with Gasteiger partial charge in [-0.05, 0) is 34.7 Å². The van der Waals surface area contributed by atoms with E-state index in [1.165, 1.54) is 23.9 Å². The molecule has 2 amide bonds. The molecule has 1 unspecified atom stereocenters. The van der Waals surface area contributed by atoms with Gasteiger partial charge in [0.15, 0.2) is 0 Å². The molecule has 3 aromatic rings. The highest BCUT2D eigenvalue weighted by Crippen LogP contribution is 2.21. The number of nitrogens with zero attached hydrogens (tertiary/aromatic N) is 2. The fraction of sp³-hybridized carbons (Fsp3) is 0.310. The van der Waals surface area contributed by atoms with Crippen molar-refractivity contribution in [2.75, 3.05) is 12.3 Å². The molecule has 7 nitrogen and oxygen atoms in total. The Bertz CT molecular complexity index is 1220. The minimum atomic E-state index is -0.706. The van der Waals surface area contributed by atoms with E-state index in [0.717, 1.165) is 16.7 Å². The normalized spacial score (nSPS) is 11.7. The number of nitro benzene ring substituents is 1. The zero-order valence-electron chi connectivity index (χ0n) is 21.5. The third-order valence-corrected chi connectivity index (χ3v) is 7.06. The largest absolute Gasteiger partial charge is 0.354 e. The van der Waals surface area contributed by atoms with E-state index < -0.39 is 11.0 Å². The van der Waals surface area contributed by atoms with Gasteiger partial charge >= 0.3 is 0 Å². The first kappa shape index (κ1) is 29.2. The number of benzene rings is 3. The molecule has 0 saturated heterocycles. The van der Waals surface area contributed by atoms with Crippen molar-refractivity contribution in [2.45, 2.75) is 38.6 Å². The van der Waals surface area contributed by atoms with Gasteiger partial charge in [-0.3, -0.25) is 19.7 Å².